The molecule has 0 spiro atoms. The van der Waals surface area contributed by atoms with Crippen LogP contribution in [0.1, 0.15) is 35.3 Å². The van der Waals surface area contributed by atoms with Crippen LogP contribution in [0.3, 0.4) is 0 Å². The summed E-state index contributed by atoms with van der Waals surface area (Å²) >= 11 is 8.74. The van der Waals surface area contributed by atoms with E-state index in [-0.39, 0.29) is 18.1 Å². The molecule has 1 aliphatic rings. The van der Waals surface area contributed by atoms with E-state index < -0.39 is 5.97 Å². The Morgan fingerprint density at radius 2 is 1.94 bits per heavy atom. The molecule has 31 heavy (non-hydrogen) atoms. The Balaban J connectivity index is 1.83. The van der Waals surface area contributed by atoms with Crippen molar-refractivity contribution in [2.24, 2.45) is 0 Å². The number of thioether (sulfide) groups is 1. The molecule has 9 heteroatoms. The highest BCUT2D eigenvalue weighted by molar-refractivity contribution is 14.1. The number of carboxylic acid groups (broad SMARTS) is 1. The summed E-state index contributed by atoms with van der Waals surface area (Å²) in [6.07, 6.45) is 1.81. The van der Waals surface area contributed by atoms with E-state index in [9.17, 15) is 9.59 Å². The third-order valence-electron chi connectivity index (χ3n) is 4.40. The second-order valence-corrected chi connectivity index (χ2v) is 9.32. The zero-order valence-electron chi connectivity index (χ0n) is 16.9. The van der Waals surface area contributed by atoms with E-state index >= 15 is 0 Å². The van der Waals surface area contributed by atoms with Crippen LogP contribution < -0.4 is 9.47 Å². The Morgan fingerprint density at radius 3 is 2.52 bits per heavy atom. The van der Waals surface area contributed by atoms with E-state index in [1.807, 2.05) is 32.1 Å². The number of carboxylic acids is 1. The van der Waals surface area contributed by atoms with Gasteiger partial charge in [0.2, 0.25) is 0 Å². The summed E-state index contributed by atoms with van der Waals surface area (Å²) in [5, 5.41) is 9.02. The van der Waals surface area contributed by atoms with Crippen LogP contribution >= 0.6 is 46.6 Å². The molecule has 1 fully saturated rings. The molecule has 1 saturated heterocycles. The van der Waals surface area contributed by atoms with Gasteiger partial charge in [-0.15, -0.1) is 0 Å². The molecule has 0 saturated carbocycles. The number of hydrogen-bond acceptors (Lipinski definition) is 6. The van der Waals surface area contributed by atoms with E-state index in [0.717, 1.165) is 14.7 Å². The predicted octanol–water partition coefficient (Wildman–Crippen LogP) is 5.19. The van der Waals surface area contributed by atoms with Crippen molar-refractivity contribution >= 4 is 68.8 Å². The molecule has 2 aromatic rings. The van der Waals surface area contributed by atoms with Gasteiger partial charge < -0.3 is 14.6 Å². The van der Waals surface area contributed by atoms with Gasteiger partial charge >= 0.3 is 5.97 Å². The highest BCUT2D eigenvalue weighted by Crippen LogP contribution is 2.38. The van der Waals surface area contributed by atoms with Crippen molar-refractivity contribution in [1.29, 1.82) is 0 Å². The summed E-state index contributed by atoms with van der Waals surface area (Å²) in [6, 6.07) is 10.3. The average molecular weight is 569 g/mol. The first kappa shape index (κ1) is 23.6. The lowest BCUT2D eigenvalue weighted by Gasteiger charge is -2.15. The maximum Gasteiger partial charge on any atom is 0.335 e. The number of carbonyl (C=O) groups is 2. The second-order valence-electron chi connectivity index (χ2n) is 6.48. The zero-order chi connectivity index (χ0) is 22.5. The number of nitrogens with zero attached hydrogens (tertiary/aromatic N) is 1. The number of hydrogen-bond donors (Lipinski definition) is 1. The molecule has 0 aliphatic carbocycles. The number of halogens is 1. The third-order valence-corrected chi connectivity index (χ3v) is 6.58. The molecule has 162 valence electrons. The minimum absolute atomic E-state index is 0.0874. The van der Waals surface area contributed by atoms with Crippen molar-refractivity contribution < 1.29 is 24.2 Å². The lowest BCUT2D eigenvalue weighted by Crippen LogP contribution is -2.27. The topological polar surface area (TPSA) is 76.1 Å². The lowest BCUT2D eigenvalue weighted by atomic mass is 10.1. The number of carbonyl (C=O) groups excluding carboxylic acids is 1. The van der Waals surface area contributed by atoms with Gasteiger partial charge in [-0.05, 0) is 77.9 Å². The van der Waals surface area contributed by atoms with Crippen LogP contribution in [0.5, 0.6) is 11.5 Å². The fourth-order valence-corrected chi connectivity index (χ4v) is 5.06. The molecular formula is C22H20INO5S2. The first-order chi connectivity index (χ1) is 14.8. The largest absolute Gasteiger partial charge is 0.490 e. The summed E-state index contributed by atoms with van der Waals surface area (Å²) in [5.41, 5.74) is 1.89. The lowest BCUT2D eigenvalue weighted by molar-refractivity contribution is -0.121. The molecule has 2 aromatic carbocycles. The van der Waals surface area contributed by atoms with Gasteiger partial charge in [-0.1, -0.05) is 36.1 Å². The Labute approximate surface area is 203 Å². The van der Waals surface area contributed by atoms with Crippen LogP contribution in [0, 0.1) is 3.57 Å². The van der Waals surface area contributed by atoms with Crippen molar-refractivity contribution in [2.45, 2.75) is 20.5 Å². The SMILES string of the molecule is CCOc1cc(/C=C2\SC(=S)N(CC)C2=O)cc(I)c1OCc1ccc(C(=O)O)cc1. The van der Waals surface area contributed by atoms with Gasteiger partial charge in [-0.2, -0.15) is 0 Å². The van der Waals surface area contributed by atoms with Gasteiger partial charge in [0.05, 0.1) is 20.6 Å². The molecule has 0 radical (unpaired) electrons. The van der Waals surface area contributed by atoms with Crippen LogP contribution in [0.2, 0.25) is 0 Å². The Hall–Kier alpha value is -2.11. The molecule has 0 unspecified atom stereocenters. The molecule has 1 amide bonds. The minimum atomic E-state index is -0.966. The quantitative estimate of drug-likeness (QED) is 0.267. The van der Waals surface area contributed by atoms with Gasteiger partial charge in [0.15, 0.2) is 11.5 Å². The van der Waals surface area contributed by atoms with Gasteiger partial charge in [0.1, 0.15) is 10.9 Å². The number of benzene rings is 2. The Kier molecular flexibility index (Phi) is 7.95. The van der Waals surface area contributed by atoms with Crippen molar-refractivity contribution in [3.05, 3.63) is 61.6 Å². The summed E-state index contributed by atoms with van der Waals surface area (Å²) < 4.78 is 13.2. The number of amides is 1. The second kappa shape index (κ2) is 10.5. The normalized spacial score (nSPS) is 14.9. The van der Waals surface area contributed by atoms with E-state index in [0.29, 0.717) is 33.9 Å². The highest BCUT2D eigenvalue weighted by atomic mass is 127. The van der Waals surface area contributed by atoms with Crippen molar-refractivity contribution in [1.82, 2.24) is 4.90 Å². The molecule has 0 bridgehead atoms. The van der Waals surface area contributed by atoms with Crippen LogP contribution in [0.15, 0.2) is 41.3 Å². The third kappa shape index (κ3) is 5.58. The van der Waals surface area contributed by atoms with Gasteiger partial charge in [0, 0.05) is 6.54 Å². The van der Waals surface area contributed by atoms with E-state index in [1.54, 1.807) is 29.2 Å². The number of likely N-dealkylation sites (N-methyl/N-ethyl adjacent to an activating group) is 1. The molecular weight excluding hydrogens is 549 g/mol. The summed E-state index contributed by atoms with van der Waals surface area (Å²) in [7, 11) is 0. The van der Waals surface area contributed by atoms with Gasteiger partial charge in [0.25, 0.3) is 5.91 Å². The first-order valence-electron chi connectivity index (χ1n) is 9.50. The number of aromatic carboxylic acids is 1. The fourth-order valence-electron chi connectivity index (χ4n) is 2.90. The zero-order valence-corrected chi connectivity index (χ0v) is 20.7. The standard InChI is InChI=1S/C22H20INO5S2/c1-3-24-20(25)18(31-22(24)30)11-14-9-16(23)19(17(10-14)28-4-2)29-12-13-5-7-15(8-6-13)21(26)27/h5-11H,3-4,12H2,1-2H3,(H,26,27)/b18-11-. The maximum absolute atomic E-state index is 12.5. The van der Waals surface area contributed by atoms with Crippen molar-refractivity contribution in [2.75, 3.05) is 13.2 Å². The minimum Gasteiger partial charge on any atom is -0.490 e. The average Bonchev–Trinajstić information content (AvgIpc) is 3.00. The molecule has 1 aliphatic heterocycles. The molecule has 0 atom stereocenters. The molecule has 1 heterocycles. The summed E-state index contributed by atoms with van der Waals surface area (Å²) in [5.74, 6) is 0.125. The summed E-state index contributed by atoms with van der Waals surface area (Å²) in [4.78, 5) is 25.6. The first-order valence-corrected chi connectivity index (χ1v) is 11.8. The van der Waals surface area contributed by atoms with Crippen molar-refractivity contribution in [3.8, 4) is 11.5 Å². The Morgan fingerprint density at radius 1 is 1.23 bits per heavy atom. The molecule has 1 N–H and O–H groups in total. The Bertz CT molecular complexity index is 1050. The van der Waals surface area contributed by atoms with Crippen molar-refractivity contribution in [3.63, 3.8) is 0 Å². The van der Waals surface area contributed by atoms with Gasteiger partial charge in [-0.3, -0.25) is 9.69 Å². The molecule has 6 nitrogen and oxygen atoms in total. The predicted molar refractivity (Wildman–Crippen MR) is 134 cm³/mol. The molecule has 3 rings (SSSR count). The maximum atomic E-state index is 12.5. The van der Waals surface area contributed by atoms with Crippen LogP contribution in [0.25, 0.3) is 6.08 Å². The highest BCUT2D eigenvalue weighted by Gasteiger charge is 2.30. The number of ether oxygens (including phenoxy) is 2. The van der Waals surface area contributed by atoms with Crippen LogP contribution in [-0.4, -0.2) is 39.4 Å². The van der Waals surface area contributed by atoms with E-state index in [1.165, 1.54) is 11.8 Å². The summed E-state index contributed by atoms with van der Waals surface area (Å²) in [6.45, 7) is 5.06. The number of rotatable bonds is 8. The van der Waals surface area contributed by atoms with E-state index in [4.69, 9.17) is 26.8 Å². The van der Waals surface area contributed by atoms with Gasteiger partial charge in [-0.25, -0.2) is 4.79 Å². The number of thiocarbonyl (C=S) groups is 1. The fraction of sp³-hybridized carbons (Fsp3) is 0.227. The smallest absolute Gasteiger partial charge is 0.335 e. The van der Waals surface area contributed by atoms with Crippen LogP contribution in [-0.2, 0) is 11.4 Å². The van der Waals surface area contributed by atoms with Crippen LogP contribution in [0.4, 0.5) is 0 Å². The van der Waals surface area contributed by atoms with E-state index in [2.05, 4.69) is 22.6 Å². The molecule has 0 aromatic heterocycles. The monoisotopic (exact) mass is 569 g/mol.